The predicted octanol–water partition coefficient (Wildman–Crippen LogP) is 2.36. The Bertz CT molecular complexity index is 602. The smallest absolute Gasteiger partial charge is 0.262 e. The van der Waals surface area contributed by atoms with Crippen LogP contribution in [0.4, 0.5) is 5.69 Å². The number of carbonyl (C=O) groups excluding carboxylic acids is 1. The van der Waals surface area contributed by atoms with Crippen LogP contribution in [-0.2, 0) is 11.2 Å². The zero-order valence-electron chi connectivity index (χ0n) is 11.4. The summed E-state index contributed by atoms with van der Waals surface area (Å²) >= 11 is 3.37. The maximum absolute atomic E-state index is 11.8. The van der Waals surface area contributed by atoms with Crippen LogP contribution in [0.3, 0.4) is 0 Å². The van der Waals surface area contributed by atoms with Crippen LogP contribution in [0.25, 0.3) is 0 Å². The first-order chi connectivity index (χ1) is 10.2. The van der Waals surface area contributed by atoms with Crippen LogP contribution < -0.4 is 15.8 Å². The number of benzene rings is 1. The van der Waals surface area contributed by atoms with Gasteiger partial charge in [-0.15, -0.1) is 0 Å². The first kappa shape index (κ1) is 15.5. The van der Waals surface area contributed by atoms with Gasteiger partial charge in [-0.05, 0) is 46.7 Å². The number of rotatable bonds is 6. The minimum atomic E-state index is -0.229. The van der Waals surface area contributed by atoms with E-state index in [9.17, 15) is 4.79 Å². The lowest BCUT2D eigenvalue weighted by atomic mass is 10.3. The molecule has 110 valence electrons. The van der Waals surface area contributed by atoms with E-state index >= 15 is 0 Å². The summed E-state index contributed by atoms with van der Waals surface area (Å²) in [5.74, 6) is 0.325. The number of hydrogen-bond acceptors (Lipinski definition) is 4. The number of ether oxygens (including phenoxy) is 1. The molecule has 2 rings (SSSR count). The molecule has 0 aliphatic heterocycles. The fourth-order valence-electron chi connectivity index (χ4n) is 1.69. The lowest BCUT2D eigenvalue weighted by Crippen LogP contribution is -2.20. The number of carbonyl (C=O) groups is 1. The summed E-state index contributed by atoms with van der Waals surface area (Å²) in [6.45, 7) is 0.487. The van der Waals surface area contributed by atoms with E-state index in [1.54, 1.807) is 12.3 Å². The number of halogens is 1. The minimum Gasteiger partial charge on any atom is -0.482 e. The number of anilines is 1. The Morgan fingerprint density at radius 1 is 1.29 bits per heavy atom. The van der Waals surface area contributed by atoms with Gasteiger partial charge in [0.1, 0.15) is 5.75 Å². The van der Waals surface area contributed by atoms with E-state index in [0.717, 1.165) is 16.6 Å². The van der Waals surface area contributed by atoms with Gasteiger partial charge in [-0.1, -0.05) is 12.1 Å². The normalized spacial score (nSPS) is 10.2. The Kier molecular flexibility index (Phi) is 5.71. The summed E-state index contributed by atoms with van der Waals surface area (Å²) in [5, 5.41) is 2.76. The molecule has 0 aliphatic rings. The van der Waals surface area contributed by atoms with Crippen molar-refractivity contribution >= 4 is 27.5 Å². The monoisotopic (exact) mass is 349 g/mol. The molecule has 0 aliphatic carbocycles. The van der Waals surface area contributed by atoms with Gasteiger partial charge in [0.25, 0.3) is 5.91 Å². The molecule has 1 heterocycles. The molecule has 6 heteroatoms. The molecule has 0 spiro atoms. The number of nitrogens with zero attached hydrogens (tertiary/aromatic N) is 1. The third kappa shape index (κ3) is 4.84. The molecule has 0 atom stereocenters. The highest BCUT2D eigenvalue weighted by Crippen LogP contribution is 2.21. The number of nitrogens with one attached hydrogen (secondary N) is 1. The summed E-state index contributed by atoms with van der Waals surface area (Å²) in [6.07, 6.45) is 2.32. The van der Waals surface area contributed by atoms with Crippen molar-refractivity contribution in [2.24, 2.45) is 5.73 Å². The van der Waals surface area contributed by atoms with Gasteiger partial charge < -0.3 is 15.8 Å². The van der Waals surface area contributed by atoms with Crippen molar-refractivity contribution in [2.45, 2.75) is 6.42 Å². The molecule has 0 bridgehead atoms. The highest BCUT2D eigenvalue weighted by atomic mass is 79.9. The predicted molar refractivity (Wildman–Crippen MR) is 85.3 cm³/mol. The molecule has 5 nitrogen and oxygen atoms in total. The van der Waals surface area contributed by atoms with Crippen molar-refractivity contribution in [2.75, 3.05) is 18.5 Å². The Hall–Kier alpha value is -1.92. The molecule has 0 unspecified atom stereocenters. The van der Waals surface area contributed by atoms with E-state index in [-0.39, 0.29) is 12.5 Å². The number of nitrogens with two attached hydrogens (primary N) is 1. The Morgan fingerprint density at radius 2 is 2.10 bits per heavy atom. The summed E-state index contributed by atoms with van der Waals surface area (Å²) in [5.41, 5.74) is 7.07. The van der Waals surface area contributed by atoms with E-state index in [0.29, 0.717) is 18.0 Å². The van der Waals surface area contributed by atoms with Crippen molar-refractivity contribution in [3.05, 3.63) is 52.8 Å². The summed E-state index contributed by atoms with van der Waals surface area (Å²) in [4.78, 5) is 16.0. The largest absolute Gasteiger partial charge is 0.482 e. The average molecular weight is 350 g/mol. The van der Waals surface area contributed by atoms with Gasteiger partial charge >= 0.3 is 0 Å². The Morgan fingerprint density at radius 3 is 2.76 bits per heavy atom. The van der Waals surface area contributed by atoms with Crippen LogP contribution in [0.1, 0.15) is 5.69 Å². The Labute approximate surface area is 131 Å². The van der Waals surface area contributed by atoms with Gasteiger partial charge in [0, 0.05) is 16.6 Å². The lowest BCUT2D eigenvalue weighted by Gasteiger charge is -2.09. The fraction of sp³-hybridized carbons (Fsp3) is 0.200. The number of para-hydroxylation sites is 1. The molecule has 3 N–H and O–H groups in total. The first-order valence-corrected chi connectivity index (χ1v) is 7.30. The number of pyridine rings is 1. The second-order valence-corrected chi connectivity index (χ2v) is 5.19. The Balaban J connectivity index is 1.85. The van der Waals surface area contributed by atoms with Gasteiger partial charge in [0.15, 0.2) is 6.61 Å². The molecule has 0 saturated carbocycles. The summed E-state index contributed by atoms with van der Waals surface area (Å²) in [7, 11) is 0. The quantitative estimate of drug-likeness (QED) is 0.839. The average Bonchev–Trinajstić information content (AvgIpc) is 2.49. The van der Waals surface area contributed by atoms with E-state index in [4.69, 9.17) is 10.5 Å². The van der Waals surface area contributed by atoms with Gasteiger partial charge in [-0.2, -0.15) is 0 Å². The van der Waals surface area contributed by atoms with Gasteiger partial charge in [-0.25, -0.2) is 0 Å². The highest BCUT2D eigenvalue weighted by Gasteiger charge is 2.06. The second kappa shape index (κ2) is 7.75. The van der Waals surface area contributed by atoms with Crippen molar-refractivity contribution in [3.8, 4) is 5.75 Å². The van der Waals surface area contributed by atoms with Gasteiger partial charge in [-0.3, -0.25) is 9.78 Å². The maximum atomic E-state index is 11.8. The molecule has 1 aromatic carbocycles. The molecule has 0 fully saturated rings. The van der Waals surface area contributed by atoms with Crippen LogP contribution in [0.5, 0.6) is 5.75 Å². The fourth-order valence-corrected chi connectivity index (χ4v) is 2.07. The van der Waals surface area contributed by atoms with E-state index < -0.39 is 0 Å². The standard InChI is InChI=1S/C15H16BrN3O2/c16-13-3-1-2-4-14(13)19-15(20)10-21-12-6-5-11(7-8-17)18-9-12/h1-6,9H,7-8,10,17H2,(H,19,20). The number of aromatic nitrogens is 1. The zero-order chi connectivity index (χ0) is 15.1. The van der Waals surface area contributed by atoms with Crippen molar-refractivity contribution in [1.82, 2.24) is 4.98 Å². The van der Waals surface area contributed by atoms with Crippen LogP contribution >= 0.6 is 15.9 Å². The molecule has 1 aromatic heterocycles. The topological polar surface area (TPSA) is 77.2 Å². The molecule has 0 saturated heterocycles. The summed E-state index contributed by atoms with van der Waals surface area (Å²) < 4.78 is 6.22. The number of hydrogen-bond donors (Lipinski definition) is 2. The van der Waals surface area contributed by atoms with Crippen molar-refractivity contribution in [1.29, 1.82) is 0 Å². The highest BCUT2D eigenvalue weighted by molar-refractivity contribution is 9.10. The van der Waals surface area contributed by atoms with Crippen LogP contribution in [-0.4, -0.2) is 24.0 Å². The van der Waals surface area contributed by atoms with E-state index in [2.05, 4.69) is 26.2 Å². The SMILES string of the molecule is NCCc1ccc(OCC(=O)Nc2ccccc2Br)cn1. The third-order valence-corrected chi connectivity index (χ3v) is 3.41. The van der Waals surface area contributed by atoms with Crippen LogP contribution in [0.15, 0.2) is 47.1 Å². The summed E-state index contributed by atoms with van der Waals surface area (Å²) in [6, 6.07) is 11.0. The second-order valence-electron chi connectivity index (χ2n) is 4.34. The minimum absolute atomic E-state index is 0.0702. The molecular weight excluding hydrogens is 334 g/mol. The van der Waals surface area contributed by atoms with Crippen LogP contribution in [0.2, 0.25) is 0 Å². The first-order valence-electron chi connectivity index (χ1n) is 6.51. The molecule has 0 radical (unpaired) electrons. The zero-order valence-corrected chi connectivity index (χ0v) is 13.0. The van der Waals surface area contributed by atoms with Gasteiger partial charge in [0.2, 0.25) is 0 Å². The third-order valence-electron chi connectivity index (χ3n) is 2.72. The van der Waals surface area contributed by atoms with Crippen molar-refractivity contribution < 1.29 is 9.53 Å². The number of amides is 1. The lowest BCUT2D eigenvalue weighted by molar-refractivity contribution is -0.118. The van der Waals surface area contributed by atoms with Gasteiger partial charge in [0.05, 0.1) is 11.9 Å². The molecule has 21 heavy (non-hydrogen) atoms. The molecule has 2 aromatic rings. The molecule has 1 amide bonds. The van der Waals surface area contributed by atoms with Crippen molar-refractivity contribution in [3.63, 3.8) is 0 Å². The van der Waals surface area contributed by atoms with E-state index in [1.165, 1.54) is 0 Å². The molecular formula is C15H16BrN3O2. The van der Waals surface area contributed by atoms with E-state index in [1.807, 2.05) is 30.3 Å². The maximum Gasteiger partial charge on any atom is 0.262 e. The van der Waals surface area contributed by atoms with Crippen LogP contribution in [0, 0.1) is 0 Å².